The molecule has 0 saturated carbocycles. The van der Waals surface area contributed by atoms with Gasteiger partial charge < -0.3 is 4.90 Å². The molecule has 49 heavy (non-hydrogen) atoms. The molecule has 0 fully saturated rings. The largest absolute Gasteiger partial charge is 0.310 e. The van der Waals surface area contributed by atoms with Gasteiger partial charge in [0.15, 0.2) is 0 Å². The van der Waals surface area contributed by atoms with Gasteiger partial charge in [0.2, 0.25) is 0 Å². The molecule has 0 N–H and O–H groups in total. The van der Waals surface area contributed by atoms with Gasteiger partial charge in [-0.25, -0.2) is 0 Å². The van der Waals surface area contributed by atoms with Crippen LogP contribution >= 0.6 is 0 Å². The van der Waals surface area contributed by atoms with Crippen molar-refractivity contribution < 1.29 is 0 Å². The molecule has 228 valence electrons. The van der Waals surface area contributed by atoms with E-state index in [1.807, 2.05) is 0 Å². The van der Waals surface area contributed by atoms with E-state index in [4.69, 9.17) is 0 Å². The van der Waals surface area contributed by atoms with E-state index >= 15 is 0 Å². The number of hydrogen-bond donors (Lipinski definition) is 0. The smallest absolute Gasteiger partial charge is 0.0468 e. The quantitative estimate of drug-likeness (QED) is 0.177. The molecular weight excluding hydrogens is 591 g/mol. The predicted molar refractivity (Wildman–Crippen MR) is 212 cm³/mol. The Kier molecular flexibility index (Phi) is 6.25. The van der Waals surface area contributed by atoms with Crippen LogP contribution in [0.5, 0.6) is 0 Å². The minimum absolute atomic E-state index is 1.12. The molecule has 0 spiro atoms. The summed E-state index contributed by atoms with van der Waals surface area (Å²) in [6.07, 6.45) is 0. The van der Waals surface area contributed by atoms with Gasteiger partial charge in [0, 0.05) is 17.1 Å². The Hall–Kier alpha value is -6.44. The van der Waals surface area contributed by atoms with E-state index in [9.17, 15) is 0 Å². The van der Waals surface area contributed by atoms with Crippen LogP contribution < -0.4 is 4.90 Å². The van der Waals surface area contributed by atoms with Crippen molar-refractivity contribution in [2.45, 2.75) is 0 Å². The average molecular weight is 622 g/mol. The topological polar surface area (TPSA) is 3.24 Å². The van der Waals surface area contributed by atoms with Crippen LogP contribution in [-0.4, -0.2) is 0 Å². The second-order valence-electron chi connectivity index (χ2n) is 12.9. The zero-order valence-electron chi connectivity index (χ0n) is 26.8. The third-order valence-corrected chi connectivity index (χ3v) is 10.2. The minimum atomic E-state index is 1.12. The molecule has 10 rings (SSSR count). The SMILES string of the molecule is c1ccc(-c2cccc(N(c3ccc4c5ccccc5c5ccccc5c4c3)c3ccc4c5ccccc5c5ccccc5c4c3)c2)cc1. The molecule has 0 aliphatic rings. The van der Waals surface area contributed by atoms with Crippen LogP contribution in [0.1, 0.15) is 0 Å². The van der Waals surface area contributed by atoms with Gasteiger partial charge in [-0.05, 0) is 112 Å². The lowest BCUT2D eigenvalue weighted by Gasteiger charge is -2.27. The molecule has 0 aromatic heterocycles. The normalized spacial score (nSPS) is 11.7. The van der Waals surface area contributed by atoms with Gasteiger partial charge in [-0.1, -0.05) is 152 Å². The van der Waals surface area contributed by atoms with Crippen molar-refractivity contribution in [3.05, 3.63) is 188 Å². The molecule has 1 nitrogen and oxygen atoms in total. The number of benzene rings is 10. The lowest BCUT2D eigenvalue weighted by atomic mass is 9.93. The van der Waals surface area contributed by atoms with Crippen molar-refractivity contribution in [1.29, 1.82) is 0 Å². The fraction of sp³-hybridized carbons (Fsp3) is 0. The molecule has 0 radical (unpaired) electrons. The van der Waals surface area contributed by atoms with Crippen LogP contribution in [0.3, 0.4) is 0 Å². The van der Waals surface area contributed by atoms with Gasteiger partial charge >= 0.3 is 0 Å². The first-order valence-electron chi connectivity index (χ1n) is 16.9. The summed E-state index contributed by atoms with van der Waals surface area (Å²) in [6, 6.07) is 68.8. The molecule has 0 amide bonds. The molecule has 0 aliphatic carbocycles. The van der Waals surface area contributed by atoms with Crippen LogP contribution in [-0.2, 0) is 0 Å². The summed E-state index contributed by atoms with van der Waals surface area (Å²) >= 11 is 0. The van der Waals surface area contributed by atoms with E-state index in [0.29, 0.717) is 0 Å². The van der Waals surface area contributed by atoms with Gasteiger partial charge in [-0.15, -0.1) is 0 Å². The Labute approximate surface area is 284 Å². The van der Waals surface area contributed by atoms with E-state index in [2.05, 4.69) is 193 Å². The first-order chi connectivity index (χ1) is 24.3. The molecule has 1 heteroatoms. The Morgan fingerprint density at radius 3 is 0.959 bits per heavy atom. The van der Waals surface area contributed by atoms with Crippen LogP contribution in [0.4, 0.5) is 17.1 Å². The zero-order valence-corrected chi connectivity index (χ0v) is 26.8. The molecule has 0 aliphatic heterocycles. The van der Waals surface area contributed by atoms with Crippen molar-refractivity contribution in [3.8, 4) is 11.1 Å². The fourth-order valence-electron chi connectivity index (χ4n) is 7.97. The first-order valence-corrected chi connectivity index (χ1v) is 16.9. The standard InChI is InChI=1S/C48H31N/c1-2-13-32(14-3-1)33-15-12-16-34(29-33)49(35-25-27-45-41-21-6-4-17-37(41)39-19-8-10-23-43(39)47(45)30-35)36-26-28-46-42-22-7-5-18-38(42)40-20-9-11-24-44(40)48(46)31-36/h1-31H. The summed E-state index contributed by atoms with van der Waals surface area (Å²) in [5, 5.41) is 15.3. The summed E-state index contributed by atoms with van der Waals surface area (Å²) in [7, 11) is 0. The zero-order chi connectivity index (χ0) is 32.3. The average Bonchev–Trinajstić information content (AvgIpc) is 3.19. The summed E-state index contributed by atoms with van der Waals surface area (Å²) in [5.41, 5.74) is 5.77. The highest BCUT2D eigenvalue weighted by atomic mass is 15.1. The highest BCUT2D eigenvalue weighted by Crippen LogP contribution is 2.44. The van der Waals surface area contributed by atoms with E-state index < -0.39 is 0 Å². The fourth-order valence-corrected chi connectivity index (χ4v) is 7.97. The van der Waals surface area contributed by atoms with Gasteiger partial charge in [0.1, 0.15) is 0 Å². The monoisotopic (exact) mass is 621 g/mol. The Morgan fingerprint density at radius 2 is 0.531 bits per heavy atom. The van der Waals surface area contributed by atoms with Crippen molar-refractivity contribution in [2.24, 2.45) is 0 Å². The number of hydrogen-bond acceptors (Lipinski definition) is 1. The third kappa shape index (κ3) is 4.40. The molecule has 0 unspecified atom stereocenters. The Morgan fingerprint density at radius 1 is 0.204 bits per heavy atom. The van der Waals surface area contributed by atoms with E-state index in [1.54, 1.807) is 0 Å². The van der Waals surface area contributed by atoms with Crippen LogP contribution in [0.25, 0.3) is 75.8 Å². The summed E-state index contributed by atoms with van der Waals surface area (Å²) in [6.45, 7) is 0. The Balaban J connectivity index is 1.27. The highest BCUT2D eigenvalue weighted by Gasteiger charge is 2.18. The highest BCUT2D eigenvalue weighted by molar-refractivity contribution is 6.27. The summed E-state index contributed by atoms with van der Waals surface area (Å²) in [4.78, 5) is 2.43. The molecule has 0 bridgehead atoms. The molecule has 0 saturated heterocycles. The second kappa shape index (κ2) is 11.1. The lowest BCUT2D eigenvalue weighted by molar-refractivity contribution is 1.30. The summed E-state index contributed by atoms with van der Waals surface area (Å²) in [5.74, 6) is 0. The third-order valence-electron chi connectivity index (χ3n) is 10.2. The van der Waals surface area contributed by atoms with Gasteiger partial charge in [0.05, 0.1) is 0 Å². The molecular formula is C48H31N. The van der Waals surface area contributed by atoms with Gasteiger partial charge in [0.25, 0.3) is 0 Å². The van der Waals surface area contributed by atoms with Crippen molar-refractivity contribution in [1.82, 2.24) is 0 Å². The molecule has 0 heterocycles. The van der Waals surface area contributed by atoms with Crippen molar-refractivity contribution in [2.75, 3.05) is 4.90 Å². The number of nitrogens with zero attached hydrogens (tertiary/aromatic N) is 1. The van der Waals surface area contributed by atoms with Gasteiger partial charge in [-0.2, -0.15) is 0 Å². The molecule has 0 atom stereocenters. The van der Waals surface area contributed by atoms with E-state index in [1.165, 1.54) is 75.8 Å². The minimum Gasteiger partial charge on any atom is -0.310 e. The van der Waals surface area contributed by atoms with Crippen LogP contribution in [0, 0.1) is 0 Å². The maximum absolute atomic E-state index is 2.43. The van der Waals surface area contributed by atoms with E-state index in [-0.39, 0.29) is 0 Å². The lowest BCUT2D eigenvalue weighted by Crippen LogP contribution is -2.10. The maximum Gasteiger partial charge on any atom is 0.0468 e. The number of fused-ring (bicyclic) bond motifs is 12. The van der Waals surface area contributed by atoms with E-state index in [0.717, 1.165) is 17.1 Å². The second-order valence-corrected chi connectivity index (χ2v) is 12.9. The summed E-state index contributed by atoms with van der Waals surface area (Å²) < 4.78 is 0. The van der Waals surface area contributed by atoms with Crippen molar-refractivity contribution >= 4 is 81.7 Å². The predicted octanol–water partition coefficient (Wildman–Crippen LogP) is 13.7. The maximum atomic E-state index is 2.43. The molecule has 10 aromatic carbocycles. The number of anilines is 3. The van der Waals surface area contributed by atoms with Crippen LogP contribution in [0.15, 0.2) is 188 Å². The number of rotatable bonds is 4. The van der Waals surface area contributed by atoms with Gasteiger partial charge in [-0.3, -0.25) is 0 Å². The van der Waals surface area contributed by atoms with Crippen molar-refractivity contribution in [3.63, 3.8) is 0 Å². The molecule has 10 aromatic rings. The van der Waals surface area contributed by atoms with Crippen LogP contribution in [0.2, 0.25) is 0 Å². The Bertz CT molecular complexity index is 2660. The first kappa shape index (κ1) is 27.7.